The van der Waals surface area contributed by atoms with Crippen LogP contribution in [0.5, 0.6) is 5.75 Å². The lowest BCUT2D eigenvalue weighted by molar-refractivity contribution is -0.120. The number of rotatable bonds is 7. The highest BCUT2D eigenvalue weighted by Crippen LogP contribution is 2.30. The Hall–Kier alpha value is -2.54. The van der Waals surface area contributed by atoms with Crippen molar-refractivity contribution >= 4 is 21.6 Å². The summed E-state index contributed by atoms with van der Waals surface area (Å²) in [6.45, 7) is 5.38. The largest absolute Gasteiger partial charge is 0.495 e. The third-order valence-electron chi connectivity index (χ3n) is 4.25. The highest BCUT2D eigenvalue weighted by molar-refractivity contribution is 7.92. The van der Waals surface area contributed by atoms with Gasteiger partial charge in [-0.1, -0.05) is 35.9 Å². The monoisotopic (exact) mass is 390 g/mol. The summed E-state index contributed by atoms with van der Waals surface area (Å²) >= 11 is 0. The number of carbonyl (C=O) groups is 1. The standard InChI is InChI=1S/C20H26N2O4S/c1-14-6-9-17(10-7-14)16(3)21-20(23)13-22(27(5,24)25)18-12-15(2)8-11-19(18)26-4/h6-12,16H,13H2,1-5H3,(H,21,23)/t16-/m1/s1. The highest BCUT2D eigenvalue weighted by atomic mass is 32.2. The van der Waals surface area contributed by atoms with Crippen molar-refractivity contribution in [3.8, 4) is 5.75 Å². The highest BCUT2D eigenvalue weighted by Gasteiger charge is 2.24. The third-order valence-corrected chi connectivity index (χ3v) is 5.37. The first kappa shape index (κ1) is 20.8. The number of methoxy groups -OCH3 is 1. The maximum atomic E-state index is 12.6. The summed E-state index contributed by atoms with van der Waals surface area (Å²) in [5.41, 5.74) is 3.30. The fourth-order valence-electron chi connectivity index (χ4n) is 2.73. The minimum Gasteiger partial charge on any atom is -0.495 e. The maximum absolute atomic E-state index is 12.6. The summed E-state index contributed by atoms with van der Waals surface area (Å²) in [4.78, 5) is 12.6. The smallest absolute Gasteiger partial charge is 0.241 e. The van der Waals surface area contributed by atoms with Crippen molar-refractivity contribution in [1.29, 1.82) is 0 Å². The first-order valence-electron chi connectivity index (χ1n) is 8.60. The molecule has 1 N–H and O–H groups in total. The molecular weight excluding hydrogens is 364 g/mol. The average molecular weight is 391 g/mol. The van der Waals surface area contributed by atoms with Crippen LogP contribution in [-0.2, 0) is 14.8 Å². The molecule has 0 spiro atoms. The van der Waals surface area contributed by atoms with Gasteiger partial charge in [-0.2, -0.15) is 0 Å². The number of amides is 1. The van der Waals surface area contributed by atoms with E-state index in [0.29, 0.717) is 11.4 Å². The molecule has 7 heteroatoms. The van der Waals surface area contributed by atoms with Crippen LogP contribution < -0.4 is 14.4 Å². The molecule has 2 rings (SSSR count). The second-order valence-corrected chi connectivity index (χ2v) is 8.55. The zero-order valence-corrected chi connectivity index (χ0v) is 17.1. The molecule has 27 heavy (non-hydrogen) atoms. The molecule has 0 saturated heterocycles. The predicted octanol–water partition coefficient (Wildman–Crippen LogP) is 2.96. The van der Waals surface area contributed by atoms with Gasteiger partial charge in [0.2, 0.25) is 15.9 Å². The lowest BCUT2D eigenvalue weighted by Gasteiger charge is -2.25. The van der Waals surface area contributed by atoms with E-state index in [-0.39, 0.29) is 12.6 Å². The Morgan fingerprint density at radius 3 is 2.26 bits per heavy atom. The van der Waals surface area contributed by atoms with E-state index in [0.717, 1.165) is 27.3 Å². The van der Waals surface area contributed by atoms with E-state index in [1.165, 1.54) is 7.11 Å². The van der Waals surface area contributed by atoms with Crippen molar-refractivity contribution in [1.82, 2.24) is 5.32 Å². The van der Waals surface area contributed by atoms with E-state index in [4.69, 9.17) is 4.74 Å². The Balaban J connectivity index is 2.23. The molecule has 0 aliphatic rings. The average Bonchev–Trinajstić information content (AvgIpc) is 2.59. The molecule has 1 amide bonds. The van der Waals surface area contributed by atoms with Crippen LogP contribution in [0.4, 0.5) is 5.69 Å². The number of nitrogens with one attached hydrogen (secondary N) is 1. The van der Waals surface area contributed by atoms with Crippen molar-refractivity contribution in [2.45, 2.75) is 26.8 Å². The first-order chi connectivity index (χ1) is 12.6. The van der Waals surface area contributed by atoms with E-state index >= 15 is 0 Å². The van der Waals surface area contributed by atoms with Gasteiger partial charge in [-0.05, 0) is 44.0 Å². The summed E-state index contributed by atoms with van der Waals surface area (Å²) in [5.74, 6) is 0.00228. The van der Waals surface area contributed by atoms with Crippen molar-refractivity contribution < 1.29 is 17.9 Å². The number of hydrogen-bond acceptors (Lipinski definition) is 4. The second kappa shape index (κ2) is 8.43. The molecular formula is C20H26N2O4S. The Bertz CT molecular complexity index is 908. The zero-order chi connectivity index (χ0) is 20.2. The number of sulfonamides is 1. The van der Waals surface area contributed by atoms with Crippen LogP contribution in [0.25, 0.3) is 0 Å². The minimum atomic E-state index is -3.68. The van der Waals surface area contributed by atoms with Gasteiger partial charge in [0, 0.05) is 0 Å². The van der Waals surface area contributed by atoms with Crippen LogP contribution in [0, 0.1) is 13.8 Å². The van der Waals surface area contributed by atoms with Gasteiger partial charge in [0.1, 0.15) is 12.3 Å². The van der Waals surface area contributed by atoms with E-state index in [9.17, 15) is 13.2 Å². The van der Waals surface area contributed by atoms with Gasteiger partial charge in [-0.3, -0.25) is 9.10 Å². The molecule has 0 aliphatic carbocycles. The molecule has 0 radical (unpaired) electrons. The number of nitrogens with zero attached hydrogens (tertiary/aromatic N) is 1. The summed E-state index contributed by atoms with van der Waals surface area (Å²) in [5, 5.41) is 2.85. The number of ether oxygens (including phenoxy) is 1. The molecule has 0 aromatic heterocycles. The molecule has 146 valence electrons. The van der Waals surface area contributed by atoms with Gasteiger partial charge in [0.25, 0.3) is 0 Å². The normalized spacial score (nSPS) is 12.3. The fourth-order valence-corrected chi connectivity index (χ4v) is 3.58. The summed E-state index contributed by atoms with van der Waals surface area (Å²) in [6.07, 6.45) is 1.07. The molecule has 2 aromatic rings. The molecule has 0 aliphatic heterocycles. The Labute approximate surface area is 161 Å². The van der Waals surface area contributed by atoms with Gasteiger partial charge in [-0.25, -0.2) is 8.42 Å². The molecule has 0 fully saturated rings. The minimum absolute atomic E-state index is 0.237. The van der Waals surface area contributed by atoms with Gasteiger partial charge < -0.3 is 10.1 Å². The van der Waals surface area contributed by atoms with Gasteiger partial charge >= 0.3 is 0 Å². The van der Waals surface area contributed by atoms with Crippen molar-refractivity contribution in [3.63, 3.8) is 0 Å². The van der Waals surface area contributed by atoms with Crippen LogP contribution in [-0.4, -0.2) is 34.2 Å². The molecule has 0 bridgehead atoms. The van der Waals surface area contributed by atoms with Crippen LogP contribution in [0.1, 0.15) is 29.7 Å². The fraction of sp³-hybridized carbons (Fsp3) is 0.350. The topological polar surface area (TPSA) is 75.7 Å². The molecule has 0 saturated carbocycles. The lowest BCUT2D eigenvalue weighted by Crippen LogP contribution is -2.41. The Morgan fingerprint density at radius 1 is 1.11 bits per heavy atom. The molecule has 0 unspecified atom stereocenters. The first-order valence-corrected chi connectivity index (χ1v) is 10.4. The number of aryl methyl sites for hydroxylation is 2. The molecule has 1 atom stereocenters. The molecule has 0 heterocycles. The van der Waals surface area contributed by atoms with Gasteiger partial charge in [0.15, 0.2) is 0 Å². The van der Waals surface area contributed by atoms with Crippen molar-refractivity contribution in [2.24, 2.45) is 0 Å². The van der Waals surface area contributed by atoms with Crippen LogP contribution >= 0.6 is 0 Å². The van der Waals surface area contributed by atoms with E-state index < -0.39 is 15.9 Å². The van der Waals surface area contributed by atoms with Crippen molar-refractivity contribution in [2.75, 3.05) is 24.2 Å². The summed E-state index contributed by atoms with van der Waals surface area (Å²) in [6, 6.07) is 12.8. The van der Waals surface area contributed by atoms with E-state index in [1.807, 2.05) is 51.1 Å². The number of hydrogen-bond donors (Lipinski definition) is 1. The predicted molar refractivity (Wildman–Crippen MR) is 108 cm³/mol. The number of carbonyl (C=O) groups excluding carboxylic acids is 1. The third kappa shape index (κ3) is 5.47. The second-order valence-electron chi connectivity index (χ2n) is 6.64. The van der Waals surface area contributed by atoms with Crippen molar-refractivity contribution in [3.05, 3.63) is 59.2 Å². The maximum Gasteiger partial charge on any atom is 0.241 e. The van der Waals surface area contributed by atoms with Gasteiger partial charge in [-0.15, -0.1) is 0 Å². The molecule has 2 aromatic carbocycles. The summed E-state index contributed by atoms with van der Waals surface area (Å²) < 4.78 is 31.0. The van der Waals surface area contributed by atoms with E-state index in [2.05, 4.69) is 5.32 Å². The van der Waals surface area contributed by atoms with E-state index in [1.54, 1.807) is 12.1 Å². The number of benzene rings is 2. The SMILES string of the molecule is COc1ccc(C)cc1N(CC(=O)N[C@H](C)c1ccc(C)cc1)S(C)(=O)=O. The van der Waals surface area contributed by atoms with Crippen LogP contribution in [0.3, 0.4) is 0 Å². The quantitative estimate of drug-likeness (QED) is 0.789. The Morgan fingerprint density at radius 2 is 1.70 bits per heavy atom. The van der Waals surface area contributed by atoms with Crippen LogP contribution in [0.15, 0.2) is 42.5 Å². The molecule has 6 nitrogen and oxygen atoms in total. The van der Waals surface area contributed by atoms with Crippen LogP contribution in [0.2, 0.25) is 0 Å². The lowest BCUT2D eigenvalue weighted by atomic mass is 10.1. The summed E-state index contributed by atoms with van der Waals surface area (Å²) in [7, 11) is -2.21. The zero-order valence-electron chi connectivity index (χ0n) is 16.3. The van der Waals surface area contributed by atoms with Gasteiger partial charge in [0.05, 0.1) is 25.1 Å². The number of anilines is 1. The Kier molecular flexibility index (Phi) is 6.49.